The molecule has 78 valence electrons. The molecule has 0 aliphatic rings. The second kappa shape index (κ2) is 5.05. The summed E-state index contributed by atoms with van der Waals surface area (Å²) in [6, 6.07) is 4.37. The Morgan fingerprint density at radius 3 is 2.57 bits per heavy atom. The number of halogens is 2. The summed E-state index contributed by atoms with van der Waals surface area (Å²) < 4.78 is 25.4. The highest BCUT2D eigenvalue weighted by Gasteiger charge is 2.03. The van der Waals surface area contributed by atoms with Gasteiger partial charge < -0.3 is 5.32 Å². The van der Waals surface area contributed by atoms with Gasteiger partial charge in [-0.1, -0.05) is 13.0 Å². The van der Waals surface area contributed by atoms with Gasteiger partial charge in [0, 0.05) is 12.6 Å². The third-order valence-corrected chi connectivity index (χ3v) is 2.25. The first-order valence-corrected chi connectivity index (χ1v) is 4.80. The minimum Gasteiger partial charge on any atom is -0.310 e. The van der Waals surface area contributed by atoms with E-state index in [2.05, 4.69) is 19.2 Å². The Hall–Kier alpha value is -0.960. The van der Waals surface area contributed by atoms with Crippen LogP contribution in [0.4, 0.5) is 8.78 Å². The molecule has 0 saturated heterocycles. The standard InChI is InChI=1S/C11H15F2N/c1-3-8(2)14-7-9-4-5-10(12)11(13)6-9/h4-6,8,14H,3,7H2,1-2H3/t8-/m0/s1. The van der Waals surface area contributed by atoms with Crippen molar-refractivity contribution in [3.8, 4) is 0 Å². The fourth-order valence-electron chi connectivity index (χ4n) is 1.09. The van der Waals surface area contributed by atoms with Crippen LogP contribution in [0.5, 0.6) is 0 Å². The molecule has 1 N–H and O–H groups in total. The van der Waals surface area contributed by atoms with Crippen molar-refractivity contribution in [2.45, 2.75) is 32.9 Å². The fourth-order valence-corrected chi connectivity index (χ4v) is 1.09. The maximum atomic E-state index is 12.8. The molecular weight excluding hydrogens is 184 g/mol. The summed E-state index contributed by atoms with van der Waals surface area (Å²) in [5, 5.41) is 3.21. The minimum atomic E-state index is -0.794. The van der Waals surface area contributed by atoms with Crippen molar-refractivity contribution >= 4 is 0 Å². The molecule has 0 saturated carbocycles. The lowest BCUT2D eigenvalue weighted by Crippen LogP contribution is -2.24. The number of hydrogen-bond donors (Lipinski definition) is 1. The van der Waals surface area contributed by atoms with Crippen LogP contribution in [0, 0.1) is 11.6 Å². The Balaban J connectivity index is 2.55. The molecule has 1 aromatic rings. The first-order valence-electron chi connectivity index (χ1n) is 4.80. The summed E-state index contributed by atoms with van der Waals surface area (Å²) >= 11 is 0. The van der Waals surface area contributed by atoms with Gasteiger partial charge in [0.15, 0.2) is 11.6 Å². The normalized spacial score (nSPS) is 12.9. The highest BCUT2D eigenvalue weighted by atomic mass is 19.2. The van der Waals surface area contributed by atoms with Gasteiger partial charge in [-0.05, 0) is 31.0 Å². The Bertz CT molecular complexity index is 299. The third-order valence-electron chi connectivity index (χ3n) is 2.25. The molecular formula is C11H15F2N. The molecule has 0 aromatic heterocycles. The van der Waals surface area contributed by atoms with E-state index in [1.54, 1.807) is 6.07 Å². The van der Waals surface area contributed by atoms with E-state index in [0.717, 1.165) is 18.1 Å². The minimum absolute atomic E-state index is 0.392. The molecule has 0 radical (unpaired) electrons. The molecule has 0 bridgehead atoms. The number of benzene rings is 1. The lowest BCUT2D eigenvalue weighted by Gasteiger charge is -2.10. The summed E-state index contributed by atoms with van der Waals surface area (Å²) in [7, 11) is 0. The molecule has 0 spiro atoms. The maximum absolute atomic E-state index is 12.8. The Morgan fingerprint density at radius 1 is 1.29 bits per heavy atom. The average molecular weight is 199 g/mol. The van der Waals surface area contributed by atoms with E-state index in [9.17, 15) is 8.78 Å². The number of nitrogens with one attached hydrogen (secondary N) is 1. The summed E-state index contributed by atoms with van der Waals surface area (Å²) in [5.74, 6) is -1.58. The van der Waals surface area contributed by atoms with Crippen LogP contribution in [0.1, 0.15) is 25.8 Å². The van der Waals surface area contributed by atoms with Crippen LogP contribution in [0.3, 0.4) is 0 Å². The van der Waals surface area contributed by atoms with Gasteiger partial charge in [0.2, 0.25) is 0 Å². The second-order valence-corrected chi connectivity index (χ2v) is 3.44. The third kappa shape index (κ3) is 3.07. The summed E-state index contributed by atoms with van der Waals surface area (Å²) in [5.41, 5.74) is 0.768. The molecule has 1 nitrogen and oxygen atoms in total. The molecule has 0 unspecified atom stereocenters. The molecule has 0 heterocycles. The smallest absolute Gasteiger partial charge is 0.159 e. The van der Waals surface area contributed by atoms with Gasteiger partial charge in [0.1, 0.15) is 0 Å². The zero-order valence-corrected chi connectivity index (χ0v) is 8.48. The van der Waals surface area contributed by atoms with Crippen molar-refractivity contribution in [1.82, 2.24) is 5.32 Å². The molecule has 14 heavy (non-hydrogen) atoms. The van der Waals surface area contributed by atoms with Crippen molar-refractivity contribution in [2.24, 2.45) is 0 Å². The maximum Gasteiger partial charge on any atom is 0.159 e. The lowest BCUT2D eigenvalue weighted by atomic mass is 10.2. The number of rotatable bonds is 4. The average Bonchev–Trinajstić information content (AvgIpc) is 2.19. The van der Waals surface area contributed by atoms with E-state index >= 15 is 0 Å². The summed E-state index contributed by atoms with van der Waals surface area (Å²) in [6.45, 7) is 4.70. The van der Waals surface area contributed by atoms with E-state index in [1.807, 2.05) is 0 Å². The topological polar surface area (TPSA) is 12.0 Å². The lowest BCUT2D eigenvalue weighted by molar-refractivity contribution is 0.501. The van der Waals surface area contributed by atoms with Crippen LogP contribution in [0.25, 0.3) is 0 Å². The van der Waals surface area contributed by atoms with Crippen molar-refractivity contribution in [3.05, 3.63) is 35.4 Å². The first-order chi connectivity index (χ1) is 6.63. The van der Waals surface area contributed by atoms with Crippen LogP contribution in [0.15, 0.2) is 18.2 Å². The summed E-state index contributed by atoms with van der Waals surface area (Å²) in [4.78, 5) is 0. The molecule has 0 aliphatic heterocycles. The van der Waals surface area contributed by atoms with Crippen molar-refractivity contribution in [2.75, 3.05) is 0 Å². The van der Waals surface area contributed by atoms with Gasteiger partial charge in [-0.2, -0.15) is 0 Å². The molecule has 1 atom stereocenters. The second-order valence-electron chi connectivity index (χ2n) is 3.44. The van der Waals surface area contributed by atoms with Crippen molar-refractivity contribution < 1.29 is 8.78 Å². The van der Waals surface area contributed by atoms with E-state index in [4.69, 9.17) is 0 Å². The van der Waals surface area contributed by atoms with Gasteiger partial charge in [0.25, 0.3) is 0 Å². The molecule has 1 rings (SSSR count). The van der Waals surface area contributed by atoms with Gasteiger partial charge >= 0.3 is 0 Å². The zero-order chi connectivity index (χ0) is 10.6. The molecule has 0 fully saturated rings. The van der Waals surface area contributed by atoms with Crippen molar-refractivity contribution in [3.63, 3.8) is 0 Å². The van der Waals surface area contributed by atoms with Crippen LogP contribution in [-0.4, -0.2) is 6.04 Å². The Kier molecular flexibility index (Phi) is 4.01. The Labute approximate surface area is 83.1 Å². The largest absolute Gasteiger partial charge is 0.310 e. The predicted molar refractivity (Wildman–Crippen MR) is 53.0 cm³/mol. The van der Waals surface area contributed by atoms with Crippen LogP contribution >= 0.6 is 0 Å². The highest BCUT2D eigenvalue weighted by Crippen LogP contribution is 2.08. The molecule has 0 amide bonds. The highest BCUT2D eigenvalue weighted by molar-refractivity contribution is 5.17. The zero-order valence-electron chi connectivity index (χ0n) is 8.48. The number of hydrogen-bond acceptors (Lipinski definition) is 1. The van der Waals surface area contributed by atoms with Crippen molar-refractivity contribution in [1.29, 1.82) is 0 Å². The van der Waals surface area contributed by atoms with Gasteiger partial charge in [-0.3, -0.25) is 0 Å². The fraction of sp³-hybridized carbons (Fsp3) is 0.455. The van der Waals surface area contributed by atoms with E-state index in [-0.39, 0.29) is 0 Å². The van der Waals surface area contributed by atoms with Crippen LogP contribution in [0.2, 0.25) is 0 Å². The van der Waals surface area contributed by atoms with Crippen LogP contribution < -0.4 is 5.32 Å². The molecule has 3 heteroatoms. The van der Waals surface area contributed by atoms with E-state index in [1.165, 1.54) is 6.07 Å². The van der Waals surface area contributed by atoms with Crippen LogP contribution in [-0.2, 0) is 6.54 Å². The molecule has 0 aliphatic carbocycles. The van der Waals surface area contributed by atoms with E-state index < -0.39 is 11.6 Å². The SMILES string of the molecule is CC[C@H](C)NCc1ccc(F)c(F)c1. The quantitative estimate of drug-likeness (QED) is 0.786. The monoisotopic (exact) mass is 199 g/mol. The first kappa shape index (κ1) is 11.1. The Morgan fingerprint density at radius 2 is 2.00 bits per heavy atom. The van der Waals surface area contributed by atoms with Gasteiger partial charge in [-0.25, -0.2) is 8.78 Å². The van der Waals surface area contributed by atoms with E-state index in [0.29, 0.717) is 12.6 Å². The van der Waals surface area contributed by atoms with Gasteiger partial charge in [-0.15, -0.1) is 0 Å². The van der Waals surface area contributed by atoms with Gasteiger partial charge in [0.05, 0.1) is 0 Å². The molecule has 1 aromatic carbocycles. The summed E-state index contributed by atoms with van der Waals surface area (Å²) in [6.07, 6.45) is 1.02. The predicted octanol–water partition coefficient (Wildman–Crippen LogP) is 2.85.